The van der Waals surface area contributed by atoms with Gasteiger partial charge in [0.05, 0.1) is 0 Å². The normalized spacial score (nSPS) is 13.0. The van der Waals surface area contributed by atoms with Crippen LogP contribution in [0.4, 0.5) is 13.2 Å². The lowest BCUT2D eigenvalue weighted by Gasteiger charge is -2.21. The number of alkyl halides is 3. The van der Waals surface area contributed by atoms with Gasteiger partial charge in [0.2, 0.25) is 5.88 Å². The Balaban J connectivity index is 0.00000784. The van der Waals surface area contributed by atoms with Crippen molar-refractivity contribution in [3.05, 3.63) is 23.9 Å². The van der Waals surface area contributed by atoms with Crippen molar-refractivity contribution in [2.24, 2.45) is 4.99 Å². The van der Waals surface area contributed by atoms with E-state index >= 15 is 0 Å². The van der Waals surface area contributed by atoms with Crippen LogP contribution in [0.2, 0.25) is 0 Å². The fraction of sp³-hybridized carbons (Fsp3) is 0.684. The van der Waals surface area contributed by atoms with Crippen LogP contribution in [-0.4, -0.2) is 61.4 Å². The molecule has 1 heterocycles. The number of halogens is 4. The maximum atomic E-state index is 12.2. The average Bonchev–Trinajstić information content (AvgIpc) is 2.66. The summed E-state index contributed by atoms with van der Waals surface area (Å²) in [6.45, 7) is 8.66. The quantitative estimate of drug-likeness (QED) is 0.259. The lowest BCUT2D eigenvalue weighted by Crippen LogP contribution is -2.42. The van der Waals surface area contributed by atoms with Gasteiger partial charge in [-0.3, -0.25) is 4.99 Å². The molecule has 1 aromatic heterocycles. The molecule has 0 bridgehead atoms. The van der Waals surface area contributed by atoms with Gasteiger partial charge in [-0.15, -0.1) is 24.0 Å². The molecule has 1 atom stereocenters. The Bertz CT molecular complexity index is 597. The molecule has 6 nitrogen and oxygen atoms in total. The summed E-state index contributed by atoms with van der Waals surface area (Å²) in [5.41, 5.74) is 0.754. The number of pyridine rings is 1. The predicted molar refractivity (Wildman–Crippen MR) is 121 cm³/mol. The van der Waals surface area contributed by atoms with Crippen LogP contribution in [-0.2, 0) is 6.54 Å². The maximum Gasteiger partial charge on any atom is 0.422 e. The van der Waals surface area contributed by atoms with Crippen molar-refractivity contribution in [3.8, 4) is 5.88 Å². The molecule has 1 unspecified atom stereocenters. The lowest BCUT2D eigenvalue weighted by atomic mass is 10.2. The van der Waals surface area contributed by atoms with Gasteiger partial charge < -0.3 is 20.3 Å². The minimum absolute atomic E-state index is 0. The second-order valence-corrected chi connectivity index (χ2v) is 6.55. The fourth-order valence-electron chi connectivity index (χ4n) is 2.64. The molecule has 29 heavy (non-hydrogen) atoms. The summed E-state index contributed by atoms with van der Waals surface area (Å²) in [5.74, 6) is 0.592. The van der Waals surface area contributed by atoms with Crippen molar-refractivity contribution in [3.63, 3.8) is 0 Å². The molecule has 168 valence electrons. The zero-order valence-corrected chi connectivity index (χ0v) is 19.9. The Kier molecular flexibility index (Phi) is 14.0. The number of nitrogens with zero attached hydrogens (tertiary/aromatic N) is 3. The van der Waals surface area contributed by atoms with Gasteiger partial charge in [-0.25, -0.2) is 4.98 Å². The van der Waals surface area contributed by atoms with E-state index in [4.69, 9.17) is 0 Å². The second-order valence-electron chi connectivity index (χ2n) is 6.55. The standard InChI is InChI=1S/C19H32F3N5O.HI/c1-5-27(6-2)11-7-8-15(3)26-18(23-4)25-13-16-9-10-24-17(12-16)28-14-19(20,21)22;/h9-10,12,15H,5-8,11,13-14H2,1-4H3,(H2,23,25,26);1H. The van der Waals surface area contributed by atoms with Gasteiger partial charge in [-0.1, -0.05) is 13.8 Å². The Hall–Kier alpha value is -1.30. The monoisotopic (exact) mass is 531 g/mol. The molecule has 0 saturated heterocycles. The van der Waals surface area contributed by atoms with E-state index in [0.29, 0.717) is 12.5 Å². The molecule has 0 aliphatic rings. The third-order valence-corrected chi connectivity index (χ3v) is 4.26. The number of hydrogen-bond acceptors (Lipinski definition) is 4. The van der Waals surface area contributed by atoms with Gasteiger partial charge in [0.1, 0.15) is 0 Å². The van der Waals surface area contributed by atoms with E-state index in [2.05, 4.69) is 51.0 Å². The third kappa shape index (κ3) is 12.8. The predicted octanol–water partition coefficient (Wildman–Crippen LogP) is 3.82. The Morgan fingerprint density at radius 1 is 1.31 bits per heavy atom. The van der Waals surface area contributed by atoms with E-state index in [1.807, 2.05) is 0 Å². The number of guanidine groups is 1. The van der Waals surface area contributed by atoms with E-state index in [9.17, 15) is 13.2 Å². The average molecular weight is 531 g/mol. The molecule has 0 radical (unpaired) electrons. The zero-order valence-electron chi connectivity index (χ0n) is 17.6. The zero-order chi connectivity index (χ0) is 21.0. The number of aromatic nitrogens is 1. The van der Waals surface area contributed by atoms with Gasteiger partial charge >= 0.3 is 6.18 Å². The molecule has 10 heteroatoms. The first-order valence-electron chi connectivity index (χ1n) is 9.61. The lowest BCUT2D eigenvalue weighted by molar-refractivity contribution is -0.154. The van der Waals surface area contributed by atoms with Crippen LogP contribution in [0, 0.1) is 0 Å². The molecule has 1 rings (SSSR count). The van der Waals surface area contributed by atoms with Gasteiger partial charge in [0, 0.05) is 31.9 Å². The largest absolute Gasteiger partial charge is 0.468 e. The van der Waals surface area contributed by atoms with Crippen LogP contribution in [0.3, 0.4) is 0 Å². The second kappa shape index (κ2) is 14.6. The summed E-state index contributed by atoms with van der Waals surface area (Å²) in [7, 11) is 1.68. The van der Waals surface area contributed by atoms with Crippen molar-refractivity contribution in [2.45, 2.75) is 52.4 Å². The summed E-state index contributed by atoms with van der Waals surface area (Å²) in [6.07, 6.45) is -0.850. The summed E-state index contributed by atoms with van der Waals surface area (Å²) in [4.78, 5) is 10.4. The number of nitrogens with one attached hydrogen (secondary N) is 2. The van der Waals surface area contributed by atoms with Crippen LogP contribution >= 0.6 is 24.0 Å². The smallest absolute Gasteiger partial charge is 0.422 e. The molecule has 0 amide bonds. The van der Waals surface area contributed by atoms with Crippen LogP contribution in [0.5, 0.6) is 5.88 Å². The van der Waals surface area contributed by atoms with Crippen LogP contribution < -0.4 is 15.4 Å². The first-order chi connectivity index (χ1) is 13.3. The third-order valence-electron chi connectivity index (χ3n) is 4.26. The first kappa shape index (κ1) is 27.7. The van der Waals surface area contributed by atoms with E-state index in [0.717, 1.165) is 38.0 Å². The topological polar surface area (TPSA) is 61.8 Å². The van der Waals surface area contributed by atoms with Gasteiger partial charge in [-0.2, -0.15) is 13.2 Å². The molecule has 0 aliphatic heterocycles. The molecule has 0 spiro atoms. The van der Waals surface area contributed by atoms with Gasteiger partial charge in [0.25, 0.3) is 0 Å². The number of aliphatic imine (C=N–C) groups is 1. The molecule has 0 fully saturated rings. The summed E-state index contributed by atoms with van der Waals surface area (Å²) in [6, 6.07) is 3.46. The Labute approximate surface area is 188 Å². The summed E-state index contributed by atoms with van der Waals surface area (Å²) < 4.78 is 41.4. The van der Waals surface area contributed by atoms with Gasteiger partial charge in [0.15, 0.2) is 12.6 Å². The van der Waals surface area contributed by atoms with Crippen LogP contribution in [0.1, 0.15) is 39.2 Å². The van der Waals surface area contributed by atoms with Gasteiger partial charge in [-0.05, 0) is 51.0 Å². The fourth-order valence-corrected chi connectivity index (χ4v) is 2.64. The first-order valence-corrected chi connectivity index (χ1v) is 9.61. The molecule has 0 aliphatic carbocycles. The Morgan fingerprint density at radius 3 is 2.59 bits per heavy atom. The Morgan fingerprint density at radius 2 is 2.00 bits per heavy atom. The summed E-state index contributed by atoms with van der Waals surface area (Å²) in [5, 5.41) is 6.49. The van der Waals surface area contributed by atoms with Crippen LogP contribution in [0.25, 0.3) is 0 Å². The van der Waals surface area contributed by atoms with Crippen molar-refractivity contribution in [1.82, 2.24) is 20.5 Å². The van der Waals surface area contributed by atoms with Crippen LogP contribution in [0.15, 0.2) is 23.3 Å². The number of hydrogen-bond donors (Lipinski definition) is 2. The molecule has 2 N–H and O–H groups in total. The molecular weight excluding hydrogens is 498 g/mol. The minimum Gasteiger partial charge on any atom is -0.468 e. The molecular formula is C19H33F3IN5O. The van der Waals surface area contributed by atoms with E-state index < -0.39 is 12.8 Å². The van der Waals surface area contributed by atoms with E-state index in [1.54, 1.807) is 13.1 Å². The summed E-state index contributed by atoms with van der Waals surface area (Å²) >= 11 is 0. The highest BCUT2D eigenvalue weighted by Crippen LogP contribution is 2.17. The highest BCUT2D eigenvalue weighted by atomic mass is 127. The van der Waals surface area contributed by atoms with E-state index in [-0.39, 0.29) is 35.9 Å². The van der Waals surface area contributed by atoms with Crippen molar-refractivity contribution in [2.75, 3.05) is 33.3 Å². The minimum atomic E-state index is -4.39. The molecule has 0 saturated carbocycles. The van der Waals surface area contributed by atoms with Crippen molar-refractivity contribution >= 4 is 29.9 Å². The molecule has 1 aromatic rings. The van der Waals surface area contributed by atoms with Crippen molar-refractivity contribution in [1.29, 1.82) is 0 Å². The van der Waals surface area contributed by atoms with Crippen molar-refractivity contribution < 1.29 is 17.9 Å². The van der Waals surface area contributed by atoms with E-state index in [1.165, 1.54) is 12.3 Å². The SMILES string of the molecule is CCN(CC)CCCC(C)NC(=NC)NCc1ccnc(OCC(F)(F)F)c1.I. The number of rotatable bonds is 11. The molecule has 0 aromatic carbocycles. The highest BCUT2D eigenvalue weighted by molar-refractivity contribution is 14.0. The highest BCUT2D eigenvalue weighted by Gasteiger charge is 2.28. The number of ether oxygens (including phenoxy) is 1. The maximum absolute atomic E-state index is 12.2.